The molecule has 2 aromatic rings. The minimum absolute atomic E-state index is 0.0266. The van der Waals surface area contributed by atoms with Gasteiger partial charge in [-0.1, -0.05) is 33.6 Å². The van der Waals surface area contributed by atoms with E-state index in [0.29, 0.717) is 19.9 Å². The van der Waals surface area contributed by atoms with Crippen LogP contribution in [0.3, 0.4) is 0 Å². The van der Waals surface area contributed by atoms with Crippen molar-refractivity contribution >= 4 is 44.7 Å². The van der Waals surface area contributed by atoms with Crippen LogP contribution in [0.15, 0.2) is 28.1 Å². The molecule has 0 saturated carbocycles. The molecule has 0 amide bonds. The third kappa shape index (κ3) is 2.82. The molecule has 94 valence electrons. The van der Waals surface area contributed by atoms with Gasteiger partial charge in [-0.3, -0.25) is 4.79 Å². The molecule has 18 heavy (non-hydrogen) atoms. The molecule has 0 aliphatic heterocycles. The van der Waals surface area contributed by atoms with Gasteiger partial charge in [-0.2, -0.15) is 0 Å². The molecule has 0 bridgehead atoms. The zero-order valence-electron chi connectivity index (χ0n) is 9.47. The fraction of sp³-hybridized carbons (Fsp3) is 0.154. The summed E-state index contributed by atoms with van der Waals surface area (Å²) in [6.07, 6.45) is 0.0266. The minimum atomic E-state index is -0.387. The van der Waals surface area contributed by atoms with Crippen LogP contribution in [0, 0.1) is 12.7 Å². The maximum atomic E-state index is 13.6. The molecule has 0 unspecified atom stereocenters. The molecule has 0 fully saturated rings. The number of thiophene rings is 1. The Morgan fingerprint density at radius 1 is 1.50 bits per heavy atom. The fourth-order valence-electron chi connectivity index (χ4n) is 1.54. The summed E-state index contributed by atoms with van der Waals surface area (Å²) in [7, 11) is 0. The first-order valence-electron chi connectivity index (χ1n) is 5.19. The van der Waals surface area contributed by atoms with Gasteiger partial charge in [0.15, 0.2) is 5.78 Å². The second-order valence-corrected chi connectivity index (χ2v) is 6.07. The zero-order valence-corrected chi connectivity index (χ0v) is 12.6. The van der Waals surface area contributed by atoms with Crippen LogP contribution in [0.2, 0.25) is 5.02 Å². The van der Waals surface area contributed by atoms with E-state index in [1.807, 2.05) is 12.3 Å². The number of hydrogen-bond acceptors (Lipinski definition) is 2. The number of aryl methyl sites for hydroxylation is 1. The summed E-state index contributed by atoms with van der Waals surface area (Å²) >= 11 is 10.5. The highest BCUT2D eigenvalue weighted by Gasteiger charge is 2.16. The predicted octanol–water partition coefficient (Wildman–Crippen LogP) is 5.04. The van der Waals surface area contributed by atoms with Gasteiger partial charge in [0.1, 0.15) is 5.82 Å². The van der Waals surface area contributed by atoms with Crippen molar-refractivity contribution in [2.75, 3.05) is 0 Å². The van der Waals surface area contributed by atoms with Crippen molar-refractivity contribution in [2.45, 2.75) is 13.3 Å². The van der Waals surface area contributed by atoms with Crippen LogP contribution in [-0.2, 0) is 6.42 Å². The first-order chi connectivity index (χ1) is 8.49. The van der Waals surface area contributed by atoms with E-state index in [1.165, 1.54) is 17.4 Å². The quantitative estimate of drug-likeness (QED) is 0.711. The molecule has 0 atom stereocenters. The average molecular weight is 348 g/mol. The predicted molar refractivity (Wildman–Crippen MR) is 76.2 cm³/mol. The number of Topliss-reactive ketones (excluding diaryl/α,β-unsaturated/α-hetero) is 1. The van der Waals surface area contributed by atoms with Crippen LogP contribution in [0.5, 0.6) is 0 Å². The summed E-state index contributed by atoms with van der Waals surface area (Å²) in [4.78, 5) is 12.5. The van der Waals surface area contributed by atoms with Crippen LogP contribution >= 0.6 is 38.9 Å². The lowest BCUT2D eigenvalue weighted by Gasteiger charge is -2.02. The normalized spacial score (nSPS) is 10.7. The molecule has 0 radical (unpaired) electrons. The van der Waals surface area contributed by atoms with Gasteiger partial charge in [-0.05, 0) is 35.6 Å². The molecule has 0 spiro atoms. The highest BCUT2D eigenvalue weighted by molar-refractivity contribution is 9.10. The van der Waals surface area contributed by atoms with Gasteiger partial charge in [-0.15, -0.1) is 11.3 Å². The van der Waals surface area contributed by atoms with Gasteiger partial charge in [0.05, 0.1) is 9.90 Å². The van der Waals surface area contributed by atoms with E-state index in [9.17, 15) is 9.18 Å². The van der Waals surface area contributed by atoms with Crippen molar-refractivity contribution in [3.05, 3.63) is 54.9 Å². The molecular formula is C13H9BrClFOS. The zero-order chi connectivity index (χ0) is 13.3. The second kappa shape index (κ2) is 5.51. The van der Waals surface area contributed by atoms with Gasteiger partial charge in [0.25, 0.3) is 0 Å². The van der Waals surface area contributed by atoms with Crippen LogP contribution in [-0.4, -0.2) is 5.78 Å². The molecule has 0 aliphatic rings. The summed E-state index contributed by atoms with van der Waals surface area (Å²) < 4.78 is 14.3. The Morgan fingerprint density at radius 2 is 2.22 bits per heavy atom. The SMILES string of the molecule is Cc1csc(C(=O)Cc2ccc(Br)cc2F)c1Cl. The standard InChI is InChI=1S/C13H9BrClFOS/c1-7-6-18-13(12(7)15)11(17)4-8-2-3-9(14)5-10(8)16/h2-3,5-6H,4H2,1H3. The molecule has 0 aliphatic carbocycles. The van der Waals surface area contributed by atoms with Gasteiger partial charge in [-0.25, -0.2) is 4.39 Å². The molecule has 2 rings (SSSR count). The molecule has 1 heterocycles. The minimum Gasteiger partial charge on any atom is -0.293 e. The van der Waals surface area contributed by atoms with Crippen molar-refractivity contribution < 1.29 is 9.18 Å². The fourth-order valence-corrected chi connectivity index (χ4v) is 3.11. The maximum absolute atomic E-state index is 13.6. The van der Waals surface area contributed by atoms with Crippen LogP contribution in [0.25, 0.3) is 0 Å². The second-order valence-electron chi connectivity index (χ2n) is 3.90. The van der Waals surface area contributed by atoms with Crippen molar-refractivity contribution in [2.24, 2.45) is 0 Å². The van der Waals surface area contributed by atoms with Crippen molar-refractivity contribution in [3.8, 4) is 0 Å². The lowest BCUT2D eigenvalue weighted by molar-refractivity contribution is 0.0996. The molecule has 5 heteroatoms. The molecule has 1 aromatic carbocycles. The van der Waals surface area contributed by atoms with E-state index in [-0.39, 0.29) is 18.0 Å². The van der Waals surface area contributed by atoms with Gasteiger partial charge in [0, 0.05) is 10.9 Å². The number of benzene rings is 1. The maximum Gasteiger partial charge on any atom is 0.178 e. The average Bonchev–Trinajstić information content (AvgIpc) is 2.64. The lowest BCUT2D eigenvalue weighted by Crippen LogP contribution is -2.04. The third-order valence-electron chi connectivity index (χ3n) is 2.52. The number of carbonyl (C=O) groups is 1. The number of carbonyl (C=O) groups excluding carboxylic acids is 1. The van der Waals surface area contributed by atoms with Crippen molar-refractivity contribution in [1.29, 1.82) is 0 Å². The molecule has 0 saturated heterocycles. The lowest BCUT2D eigenvalue weighted by atomic mass is 10.1. The largest absolute Gasteiger partial charge is 0.293 e. The molecular weight excluding hydrogens is 339 g/mol. The summed E-state index contributed by atoms with van der Waals surface area (Å²) in [5, 5.41) is 2.30. The van der Waals surface area contributed by atoms with E-state index in [0.717, 1.165) is 5.56 Å². The van der Waals surface area contributed by atoms with E-state index in [4.69, 9.17) is 11.6 Å². The summed E-state index contributed by atoms with van der Waals surface area (Å²) in [6.45, 7) is 1.84. The van der Waals surface area contributed by atoms with Gasteiger partial charge >= 0.3 is 0 Å². The Morgan fingerprint density at radius 3 is 2.78 bits per heavy atom. The van der Waals surface area contributed by atoms with Crippen molar-refractivity contribution in [3.63, 3.8) is 0 Å². The van der Waals surface area contributed by atoms with E-state index < -0.39 is 0 Å². The third-order valence-corrected chi connectivity index (χ3v) is 4.75. The van der Waals surface area contributed by atoms with Gasteiger partial charge < -0.3 is 0 Å². The first-order valence-corrected chi connectivity index (χ1v) is 7.25. The van der Waals surface area contributed by atoms with Crippen LogP contribution < -0.4 is 0 Å². The highest BCUT2D eigenvalue weighted by atomic mass is 79.9. The monoisotopic (exact) mass is 346 g/mol. The molecule has 1 aromatic heterocycles. The number of rotatable bonds is 3. The number of halogens is 3. The first kappa shape index (κ1) is 13.7. The Hall–Kier alpha value is -0.710. The summed E-state index contributed by atoms with van der Waals surface area (Å²) in [5.41, 5.74) is 1.26. The van der Waals surface area contributed by atoms with E-state index >= 15 is 0 Å². The highest BCUT2D eigenvalue weighted by Crippen LogP contribution is 2.28. The van der Waals surface area contributed by atoms with Crippen molar-refractivity contribution in [1.82, 2.24) is 0 Å². The Bertz CT molecular complexity index is 609. The molecule has 1 nitrogen and oxygen atoms in total. The summed E-state index contributed by atoms with van der Waals surface area (Å²) in [5.74, 6) is -0.540. The van der Waals surface area contributed by atoms with Crippen LogP contribution in [0.1, 0.15) is 20.8 Å². The topological polar surface area (TPSA) is 17.1 Å². The van der Waals surface area contributed by atoms with Gasteiger partial charge in [0.2, 0.25) is 0 Å². The Kier molecular flexibility index (Phi) is 4.20. The Labute approximate surface area is 122 Å². The van der Waals surface area contributed by atoms with E-state index in [1.54, 1.807) is 12.1 Å². The Balaban J connectivity index is 2.24. The van der Waals surface area contributed by atoms with E-state index in [2.05, 4.69) is 15.9 Å². The summed E-state index contributed by atoms with van der Waals surface area (Å²) in [6, 6.07) is 4.67. The number of hydrogen-bond donors (Lipinski definition) is 0. The number of ketones is 1. The smallest absolute Gasteiger partial charge is 0.178 e. The molecule has 0 N–H and O–H groups in total. The van der Waals surface area contributed by atoms with Crippen LogP contribution in [0.4, 0.5) is 4.39 Å².